The number of aliphatic hydroxyl groups is 1. The van der Waals surface area contributed by atoms with Crippen molar-refractivity contribution in [1.29, 1.82) is 5.26 Å². The molecule has 0 saturated carbocycles. The van der Waals surface area contributed by atoms with E-state index in [4.69, 9.17) is 17.5 Å². The zero-order chi connectivity index (χ0) is 17.0. The van der Waals surface area contributed by atoms with Gasteiger partial charge in [-0.2, -0.15) is 0 Å². The third-order valence-corrected chi connectivity index (χ3v) is 3.66. The van der Waals surface area contributed by atoms with E-state index in [1.807, 2.05) is 5.97 Å². The molecule has 2 rings (SSSR count). The Bertz CT molecular complexity index is 742. The minimum atomic E-state index is -1.13. The van der Waals surface area contributed by atoms with Crippen molar-refractivity contribution >= 4 is 41.3 Å². The van der Waals surface area contributed by atoms with E-state index < -0.39 is 18.4 Å². The van der Waals surface area contributed by atoms with Gasteiger partial charge < -0.3 is 15.2 Å². The lowest BCUT2D eigenvalue weighted by Gasteiger charge is -2.18. The van der Waals surface area contributed by atoms with E-state index in [9.17, 15) is 19.2 Å². The highest BCUT2D eigenvalue weighted by molar-refractivity contribution is 7.81. The number of carbonyl (C=O) groups is 2. The lowest BCUT2D eigenvalue weighted by Crippen LogP contribution is -2.35. The highest BCUT2D eigenvalue weighted by atomic mass is 32.1. The Labute approximate surface area is 136 Å². The number of nitriles is 1. The molecular weight excluding hydrogens is 322 g/mol. The number of thiocarbonyl (C=S) groups is 1. The van der Waals surface area contributed by atoms with Crippen LogP contribution in [0.25, 0.3) is 0 Å². The molecule has 116 valence electrons. The number of aliphatic hydroxyl groups excluding tert-OH is 1. The maximum absolute atomic E-state index is 12.1. The van der Waals surface area contributed by atoms with Crippen LogP contribution in [0.15, 0.2) is 35.6 Å². The first-order valence-electron chi connectivity index (χ1n) is 6.58. The minimum absolute atomic E-state index is 0.00400. The fourth-order valence-electron chi connectivity index (χ4n) is 2.15. The van der Waals surface area contributed by atoms with Gasteiger partial charge in [-0.15, -0.1) is 0 Å². The summed E-state index contributed by atoms with van der Waals surface area (Å²) in [6.07, 6.45) is 0.454. The fraction of sp³-hybridized carbons (Fsp3) is 0.143. The molecule has 23 heavy (non-hydrogen) atoms. The Hall–Kier alpha value is -2.73. The number of benzene rings is 1. The summed E-state index contributed by atoms with van der Waals surface area (Å²) < 4.78 is 11.8. The SMILES string of the molecule is N#CB1CCC(O)=C(C(=S)Nc2ccc(C(=O)OF)cc2)C1=O. The molecule has 0 amide bonds. The first-order valence-corrected chi connectivity index (χ1v) is 6.99. The molecule has 0 aliphatic carbocycles. The standard InChI is InChI=1S/C14H10BFN2O4S/c16-22-14(21)8-1-3-9(4-2-8)18-13(23)11-10(19)5-6-15(7-17)12(11)20/h1-4,19H,5-6H2,(H,18,23). The van der Waals surface area contributed by atoms with Gasteiger partial charge in [0.15, 0.2) is 0 Å². The smallest absolute Gasteiger partial charge is 0.379 e. The molecular formula is C14H10BFN2O4S. The molecule has 1 aromatic carbocycles. The lowest BCUT2D eigenvalue weighted by molar-refractivity contribution is -0.109. The van der Waals surface area contributed by atoms with E-state index in [1.54, 1.807) is 0 Å². The molecule has 0 aromatic heterocycles. The maximum atomic E-state index is 12.1. The van der Waals surface area contributed by atoms with Crippen LogP contribution in [0, 0.1) is 11.2 Å². The fourth-order valence-corrected chi connectivity index (χ4v) is 2.48. The molecule has 6 nitrogen and oxygen atoms in total. The van der Waals surface area contributed by atoms with Gasteiger partial charge in [0, 0.05) is 22.6 Å². The molecule has 0 saturated heterocycles. The highest BCUT2D eigenvalue weighted by Gasteiger charge is 2.35. The van der Waals surface area contributed by atoms with Gasteiger partial charge in [0.2, 0.25) is 0 Å². The summed E-state index contributed by atoms with van der Waals surface area (Å²) in [5, 5.41) is 21.5. The van der Waals surface area contributed by atoms with Gasteiger partial charge in [0.1, 0.15) is 16.4 Å². The van der Waals surface area contributed by atoms with Crippen molar-refractivity contribution in [2.24, 2.45) is 0 Å². The molecule has 0 unspecified atom stereocenters. The molecule has 1 heterocycles. The number of hydrogen-bond acceptors (Lipinski definition) is 6. The van der Waals surface area contributed by atoms with Crippen LogP contribution < -0.4 is 5.32 Å². The number of anilines is 1. The van der Waals surface area contributed by atoms with Crippen molar-refractivity contribution in [1.82, 2.24) is 0 Å². The van der Waals surface area contributed by atoms with E-state index in [-0.39, 0.29) is 34.6 Å². The lowest BCUT2D eigenvalue weighted by atomic mass is 9.41. The van der Waals surface area contributed by atoms with Crippen LogP contribution in [0.4, 0.5) is 10.2 Å². The predicted octanol–water partition coefficient (Wildman–Crippen LogP) is 2.35. The van der Waals surface area contributed by atoms with Crippen LogP contribution in [-0.4, -0.2) is 28.5 Å². The summed E-state index contributed by atoms with van der Waals surface area (Å²) in [5.74, 6) is 0.598. The molecule has 0 radical (unpaired) electrons. The summed E-state index contributed by atoms with van der Waals surface area (Å²) in [5.41, 5.74) is -0.168. The topological polar surface area (TPSA) is 99.4 Å². The molecule has 2 N–H and O–H groups in total. The third kappa shape index (κ3) is 3.55. The molecule has 1 aromatic rings. The van der Waals surface area contributed by atoms with E-state index >= 15 is 0 Å². The first kappa shape index (κ1) is 16.6. The van der Waals surface area contributed by atoms with Gasteiger partial charge in [-0.1, -0.05) is 12.2 Å². The number of hydrogen-bond donors (Lipinski definition) is 2. The number of allylic oxidation sites excluding steroid dienone is 1. The molecule has 0 fully saturated rings. The molecule has 1 aliphatic heterocycles. The van der Waals surface area contributed by atoms with Crippen LogP contribution in [0.3, 0.4) is 0 Å². The van der Waals surface area contributed by atoms with Crippen molar-refractivity contribution in [2.45, 2.75) is 12.7 Å². The van der Waals surface area contributed by atoms with Crippen molar-refractivity contribution in [2.75, 3.05) is 5.32 Å². The summed E-state index contributed by atoms with van der Waals surface area (Å²) in [7, 11) is 0. The summed E-state index contributed by atoms with van der Waals surface area (Å²) in [6, 6.07) is 5.49. The van der Waals surface area contributed by atoms with Crippen molar-refractivity contribution in [3.8, 4) is 5.97 Å². The minimum Gasteiger partial charge on any atom is -0.512 e. The Morgan fingerprint density at radius 1 is 1.43 bits per heavy atom. The number of nitrogens with one attached hydrogen (secondary N) is 1. The van der Waals surface area contributed by atoms with Crippen molar-refractivity contribution < 1.29 is 24.2 Å². The van der Waals surface area contributed by atoms with Crippen LogP contribution in [0.2, 0.25) is 6.32 Å². The van der Waals surface area contributed by atoms with Crippen LogP contribution in [0.5, 0.6) is 0 Å². The monoisotopic (exact) mass is 332 g/mol. The Morgan fingerprint density at radius 3 is 2.65 bits per heavy atom. The van der Waals surface area contributed by atoms with Crippen LogP contribution in [-0.2, 0) is 9.74 Å². The second-order valence-electron chi connectivity index (χ2n) is 4.80. The summed E-state index contributed by atoms with van der Waals surface area (Å²) >= 11 is 5.11. The van der Waals surface area contributed by atoms with Gasteiger partial charge in [-0.3, -0.25) is 0 Å². The van der Waals surface area contributed by atoms with Crippen molar-refractivity contribution in [3.05, 3.63) is 41.2 Å². The second kappa shape index (κ2) is 7.02. The largest absolute Gasteiger partial charge is 0.512 e. The van der Waals surface area contributed by atoms with E-state index in [1.165, 1.54) is 24.3 Å². The number of halogens is 1. The van der Waals surface area contributed by atoms with Crippen LogP contribution >= 0.6 is 12.2 Å². The molecule has 0 atom stereocenters. The van der Waals surface area contributed by atoms with E-state index in [0.29, 0.717) is 5.69 Å². The summed E-state index contributed by atoms with van der Waals surface area (Å²) in [6.45, 7) is -0.831. The van der Waals surface area contributed by atoms with Crippen molar-refractivity contribution in [3.63, 3.8) is 0 Å². The highest BCUT2D eigenvalue weighted by Crippen LogP contribution is 2.23. The molecule has 0 bridgehead atoms. The Kier molecular flexibility index (Phi) is 5.08. The third-order valence-electron chi connectivity index (χ3n) is 3.35. The van der Waals surface area contributed by atoms with Crippen LogP contribution in [0.1, 0.15) is 16.8 Å². The van der Waals surface area contributed by atoms with Gasteiger partial charge in [0.25, 0.3) is 0 Å². The molecule has 1 aliphatic rings. The average Bonchev–Trinajstić information content (AvgIpc) is 2.55. The van der Waals surface area contributed by atoms with Gasteiger partial charge in [-0.25, -0.2) is 15.0 Å². The van der Waals surface area contributed by atoms with E-state index in [0.717, 1.165) is 0 Å². The van der Waals surface area contributed by atoms with Gasteiger partial charge in [0.05, 0.1) is 11.1 Å². The quantitative estimate of drug-likeness (QED) is 0.647. The molecule has 9 heteroatoms. The molecule has 0 spiro atoms. The average molecular weight is 332 g/mol. The zero-order valence-electron chi connectivity index (χ0n) is 11.7. The second-order valence-corrected chi connectivity index (χ2v) is 5.21. The number of nitrogens with zero attached hydrogens (tertiary/aromatic N) is 1. The number of rotatable bonds is 3. The van der Waals surface area contributed by atoms with Gasteiger partial charge in [-0.05, 0) is 30.6 Å². The normalized spacial score (nSPS) is 14.3. The zero-order valence-corrected chi connectivity index (χ0v) is 12.5. The maximum Gasteiger partial charge on any atom is 0.379 e. The summed E-state index contributed by atoms with van der Waals surface area (Å²) in [4.78, 5) is 26.2. The van der Waals surface area contributed by atoms with E-state index in [2.05, 4.69) is 10.3 Å². The Balaban J connectivity index is 2.17. The Morgan fingerprint density at radius 2 is 2.09 bits per heavy atom. The van der Waals surface area contributed by atoms with Gasteiger partial charge >= 0.3 is 12.7 Å². The first-order chi connectivity index (χ1) is 11.0. The number of carbonyl (C=O) groups excluding carboxylic acids is 2. The predicted molar refractivity (Wildman–Crippen MR) is 84.6 cm³/mol.